The highest BCUT2D eigenvalue weighted by molar-refractivity contribution is 6.01. The number of aromatic nitrogens is 3. The predicted octanol–water partition coefficient (Wildman–Crippen LogP) is 4.78. The first-order chi connectivity index (χ1) is 13.3. The van der Waals surface area contributed by atoms with Crippen molar-refractivity contribution >= 4 is 39.7 Å². The Labute approximate surface area is 159 Å². The Hall–Kier alpha value is -3.28. The molecule has 0 atom stereocenters. The van der Waals surface area contributed by atoms with Crippen molar-refractivity contribution in [1.29, 1.82) is 0 Å². The highest BCUT2D eigenvalue weighted by atomic mass is 16.1. The molecule has 1 aromatic carbocycles. The molecule has 4 aromatic rings. The number of rotatable bonds is 4. The van der Waals surface area contributed by atoms with E-state index in [0.717, 1.165) is 28.8 Å². The number of amides is 1. The van der Waals surface area contributed by atoms with Gasteiger partial charge in [-0.3, -0.25) is 4.79 Å². The molecule has 4 rings (SSSR count). The van der Waals surface area contributed by atoms with E-state index in [1.165, 1.54) is 10.9 Å². The fraction of sp³-hybridized carbons (Fsp3) is 0.238. The summed E-state index contributed by atoms with van der Waals surface area (Å²) in [5.74, 6) is 0. The molecule has 0 unspecified atom stereocenters. The van der Waals surface area contributed by atoms with Crippen LogP contribution >= 0.6 is 0 Å². The van der Waals surface area contributed by atoms with Crippen molar-refractivity contribution < 1.29 is 4.79 Å². The smallest absolute Gasteiger partial charge is 0.214 e. The van der Waals surface area contributed by atoms with Crippen molar-refractivity contribution in [2.75, 3.05) is 23.8 Å². The zero-order chi connectivity index (χ0) is 19.6. The lowest BCUT2D eigenvalue weighted by atomic mass is 10.2. The van der Waals surface area contributed by atoms with Crippen LogP contribution in [-0.2, 0) is 4.79 Å². The number of benzene rings is 1. The topological polar surface area (TPSA) is 76.8 Å². The molecular formula is C21H27N5O. The molecule has 6 nitrogen and oxygen atoms in total. The third-order valence-electron chi connectivity index (χ3n) is 4.05. The molecule has 27 heavy (non-hydrogen) atoms. The molecule has 0 fully saturated rings. The summed E-state index contributed by atoms with van der Waals surface area (Å²) >= 11 is 0. The van der Waals surface area contributed by atoms with E-state index in [4.69, 9.17) is 0 Å². The Morgan fingerprint density at radius 3 is 2.52 bits per heavy atom. The lowest BCUT2D eigenvalue weighted by Gasteiger charge is -2.19. The molecule has 1 amide bonds. The Morgan fingerprint density at radius 1 is 1.11 bits per heavy atom. The lowest BCUT2D eigenvalue weighted by Crippen LogP contribution is -2.21. The highest BCUT2D eigenvalue weighted by Crippen LogP contribution is 2.31. The molecule has 0 saturated heterocycles. The number of anilines is 2. The third kappa shape index (κ3) is 4.47. The van der Waals surface area contributed by atoms with Crippen LogP contribution < -0.4 is 10.2 Å². The number of hydrogen-bond acceptors (Lipinski definition) is 3. The quantitative estimate of drug-likeness (QED) is 0.455. The number of carbonyl (C=O) groups is 1. The molecule has 0 aliphatic carbocycles. The summed E-state index contributed by atoms with van der Waals surface area (Å²) in [6.45, 7) is 6.56. The van der Waals surface area contributed by atoms with E-state index in [9.17, 15) is 4.79 Å². The number of hydrogen-bond donors (Lipinski definition) is 3. The van der Waals surface area contributed by atoms with Gasteiger partial charge in [0.05, 0.1) is 17.6 Å². The van der Waals surface area contributed by atoms with Gasteiger partial charge in [0, 0.05) is 36.9 Å². The van der Waals surface area contributed by atoms with Gasteiger partial charge in [-0.1, -0.05) is 32.0 Å². The second-order valence-corrected chi connectivity index (χ2v) is 5.47. The van der Waals surface area contributed by atoms with E-state index < -0.39 is 0 Å². The van der Waals surface area contributed by atoms with Crippen LogP contribution in [0.2, 0.25) is 0 Å². The second-order valence-electron chi connectivity index (χ2n) is 5.47. The minimum Gasteiger partial charge on any atom is -0.385 e. The van der Waals surface area contributed by atoms with E-state index in [1.807, 2.05) is 58.4 Å². The molecule has 0 aliphatic heterocycles. The van der Waals surface area contributed by atoms with Gasteiger partial charge in [0.1, 0.15) is 5.65 Å². The first kappa shape index (κ1) is 20.0. The van der Waals surface area contributed by atoms with Gasteiger partial charge in [-0.05, 0) is 30.5 Å². The molecule has 0 bridgehead atoms. The van der Waals surface area contributed by atoms with E-state index in [-0.39, 0.29) is 0 Å². The fourth-order valence-electron chi connectivity index (χ4n) is 2.77. The summed E-state index contributed by atoms with van der Waals surface area (Å²) in [7, 11) is 1.82. The zero-order valence-corrected chi connectivity index (χ0v) is 16.3. The Balaban J connectivity index is 0.000000200. The normalized spacial score (nSPS) is 9.78. The van der Waals surface area contributed by atoms with Crippen molar-refractivity contribution in [2.24, 2.45) is 0 Å². The SMILES string of the molecule is CC.CCN(C=O)c1c(NC)cnc2[nH]ccc12.c1ccc2[nH]ccc2c1. The average Bonchev–Trinajstić information content (AvgIpc) is 3.40. The second kappa shape index (κ2) is 10.0. The van der Waals surface area contributed by atoms with Crippen molar-refractivity contribution in [1.82, 2.24) is 15.0 Å². The lowest BCUT2D eigenvalue weighted by molar-refractivity contribution is -0.107. The minimum atomic E-state index is 0.627. The summed E-state index contributed by atoms with van der Waals surface area (Å²) in [4.78, 5) is 23.1. The van der Waals surface area contributed by atoms with Gasteiger partial charge < -0.3 is 20.2 Å². The summed E-state index contributed by atoms with van der Waals surface area (Å²) in [6, 6.07) is 12.2. The van der Waals surface area contributed by atoms with Crippen molar-refractivity contribution in [3.63, 3.8) is 0 Å². The molecular weight excluding hydrogens is 338 g/mol. The number of pyridine rings is 1. The monoisotopic (exact) mass is 365 g/mol. The number of carbonyl (C=O) groups excluding carboxylic acids is 1. The maximum atomic E-state index is 11.0. The summed E-state index contributed by atoms with van der Waals surface area (Å²) in [5, 5.41) is 5.27. The van der Waals surface area contributed by atoms with Gasteiger partial charge in [0.2, 0.25) is 6.41 Å². The predicted molar refractivity (Wildman–Crippen MR) is 114 cm³/mol. The number of aromatic amines is 2. The summed E-state index contributed by atoms with van der Waals surface area (Å²) in [5.41, 5.74) is 3.71. The van der Waals surface area contributed by atoms with Crippen LogP contribution in [0.5, 0.6) is 0 Å². The molecule has 6 heteroatoms. The molecule has 142 valence electrons. The average molecular weight is 365 g/mol. The van der Waals surface area contributed by atoms with Crippen molar-refractivity contribution in [3.8, 4) is 0 Å². The first-order valence-electron chi connectivity index (χ1n) is 9.16. The van der Waals surface area contributed by atoms with Crippen LogP contribution in [-0.4, -0.2) is 35.0 Å². The van der Waals surface area contributed by atoms with E-state index in [1.54, 1.807) is 11.1 Å². The maximum absolute atomic E-state index is 11.0. The maximum Gasteiger partial charge on any atom is 0.214 e. The summed E-state index contributed by atoms with van der Waals surface area (Å²) < 4.78 is 0. The molecule has 0 saturated carbocycles. The van der Waals surface area contributed by atoms with Gasteiger partial charge in [0.25, 0.3) is 0 Å². The number of fused-ring (bicyclic) bond motifs is 2. The van der Waals surface area contributed by atoms with Crippen molar-refractivity contribution in [3.05, 3.63) is 55.0 Å². The first-order valence-corrected chi connectivity index (χ1v) is 9.16. The van der Waals surface area contributed by atoms with E-state index in [2.05, 4.69) is 38.5 Å². The highest BCUT2D eigenvalue weighted by Gasteiger charge is 2.13. The molecule has 0 radical (unpaired) electrons. The van der Waals surface area contributed by atoms with E-state index in [0.29, 0.717) is 6.54 Å². The Morgan fingerprint density at radius 2 is 1.85 bits per heavy atom. The van der Waals surface area contributed by atoms with Crippen LogP contribution in [0.25, 0.3) is 21.9 Å². The number of nitrogens with one attached hydrogen (secondary N) is 3. The number of nitrogens with zero attached hydrogens (tertiary/aromatic N) is 2. The molecule has 3 aromatic heterocycles. The van der Waals surface area contributed by atoms with Gasteiger partial charge in [-0.2, -0.15) is 0 Å². The van der Waals surface area contributed by atoms with Gasteiger partial charge in [0.15, 0.2) is 0 Å². The van der Waals surface area contributed by atoms with Crippen LogP contribution in [0.4, 0.5) is 11.4 Å². The number of H-pyrrole nitrogens is 2. The molecule has 3 heterocycles. The molecule has 0 aliphatic rings. The van der Waals surface area contributed by atoms with Crippen LogP contribution in [0.15, 0.2) is 55.0 Å². The molecule has 3 N–H and O–H groups in total. The van der Waals surface area contributed by atoms with Gasteiger partial charge in [-0.15, -0.1) is 0 Å². The number of para-hydroxylation sites is 1. The Kier molecular flexibility index (Phi) is 7.43. The third-order valence-corrected chi connectivity index (χ3v) is 4.05. The van der Waals surface area contributed by atoms with Gasteiger partial charge in [-0.25, -0.2) is 4.98 Å². The largest absolute Gasteiger partial charge is 0.385 e. The van der Waals surface area contributed by atoms with Crippen molar-refractivity contribution in [2.45, 2.75) is 20.8 Å². The standard InChI is InChI=1S/C11H14N4O.C8H7N.C2H6/c1-3-15(7-16)10-8-4-5-13-11(8)14-6-9(10)12-2;1-2-4-8-7(3-1)5-6-9-8;1-2/h4-7,12H,3H2,1-2H3,(H,13,14);1-6,9H;1-2H3. The fourth-order valence-corrected chi connectivity index (χ4v) is 2.77. The minimum absolute atomic E-state index is 0.627. The zero-order valence-electron chi connectivity index (χ0n) is 16.3. The van der Waals surface area contributed by atoms with Crippen LogP contribution in [0, 0.1) is 0 Å². The van der Waals surface area contributed by atoms with Gasteiger partial charge >= 0.3 is 0 Å². The Bertz CT molecular complexity index is 943. The van der Waals surface area contributed by atoms with E-state index >= 15 is 0 Å². The summed E-state index contributed by atoms with van der Waals surface area (Å²) in [6.07, 6.45) is 6.33. The van der Waals surface area contributed by atoms with Crippen LogP contribution in [0.1, 0.15) is 20.8 Å². The van der Waals surface area contributed by atoms with Crippen LogP contribution in [0.3, 0.4) is 0 Å². The molecule has 0 spiro atoms.